The maximum atomic E-state index is 12.7. The quantitative estimate of drug-likeness (QED) is 0.626. The van der Waals surface area contributed by atoms with Crippen LogP contribution in [0.3, 0.4) is 0 Å². The van der Waals surface area contributed by atoms with E-state index in [0.717, 1.165) is 54.6 Å². The summed E-state index contributed by atoms with van der Waals surface area (Å²) in [5.41, 5.74) is 4.51. The van der Waals surface area contributed by atoms with E-state index in [2.05, 4.69) is 34.4 Å². The van der Waals surface area contributed by atoms with E-state index in [-0.39, 0.29) is 5.91 Å². The van der Waals surface area contributed by atoms with Gasteiger partial charge in [0.2, 0.25) is 5.91 Å². The van der Waals surface area contributed by atoms with E-state index < -0.39 is 0 Å². The van der Waals surface area contributed by atoms with Crippen LogP contribution in [0.25, 0.3) is 6.08 Å². The van der Waals surface area contributed by atoms with Crippen molar-refractivity contribution in [2.45, 2.75) is 20.4 Å². The molecule has 0 unspecified atom stereocenters. The highest BCUT2D eigenvalue weighted by molar-refractivity contribution is 5.92. The maximum Gasteiger partial charge on any atom is 0.246 e. The summed E-state index contributed by atoms with van der Waals surface area (Å²) in [7, 11) is 0. The molecular weight excluding hydrogens is 364 g/mol. The normalized spacial score (nSPS) is 14.7. The lowest BCUT2D eigenvalue weighted by Gasteiger charge is -2.35. The van der Waals surface area contributed by atoms with Crippen LogP contribution in [-0.4, -0.2) is 46.5 Å². The number of anilines is 1. The van der Waals surface area contributed by atoms with Crippen LogP contribution in [-0.2, 0) is 11.3 Å². The SMILES string of the molecule is Cc1cc(C=CC(=O)N2CCN(c3ccncc3)CC2)c(C)n1Cc1ccco1. The van der Waals surface area contributed by atoms with Crippen LogP contribution < -0.4 is 4.90 Å². The molecule has 4 rings (SSSR count). The molecule has 1 aliphatic rings. The topological polar surface area (TPSA) is 54.5 Å². The third-order valence-corrected chi connectivity index (χ3v) is 5.53. The van der Waals surface area contributed by atoms with Gasteiger partial charge in [-0.05, 0) is 55.8 Å². The first-order valence-corrected chi connectivity index (χ1v) is 9.93. The van der Waals surface area contributed by atoms with Gasteiger partial charge in [0.1, 0.15) is 5.76 Å². The van der Waals surface area contributed by atoms with Crippen molar-refractivity contribution in [1.29, 1.82) is 0 Å². The fourth-order valence-electron chi connectivity index (χ4n) is 3.80. The molecule has 0 spiro atoms. The molecule has 6 heteroatoms. The van der Waals surface area contributed by atoms with E-state index in [4.69, 9.17) is 4.42 Å². The minimum Gasteiger partial charge on any atom is -0.467 e. The van der Waals surface area contributed by atoms with Crippen LogP contribution in [0.15, 0.2) is 59.5 Å². The van der Waals surface area contributed by atoms with Crippen LogP contribution in [0.2, 0.25) is 0 Å². The van der Waals surface area contributed by atoms with Gasteiger partial charge in [-0.2, -0.15) is 0 Å². The van der Waals surface area contributed by atoms with E-state index in [1.807, 2.05) is 35.2 Å². The molecule has 0 saturated carbocycles. The van der Waals surface area contributed by atoms with Crippen molar-refractivity contribution >= 4 is 17.7 Å². The number of carbonyl (C=O) groups excluding carboxylic acids is 1. The van der Waals surface area contributed by atoms with Gasteiger partial charge < -0.3 is 18.8 Å². The van der Waals surface area contributed by atoms with Crippen LogP contribution in [0.4, 0.5) is 5.69 Å². The third-order valence-electron chi connectivity index (χ3n) is 5.53. The highest BCUT2D eigenvalue weighted by Crippen LogP contribution is 2.19. The van der Waals surface area contributed by atoms with Crippen LogP contribution in [0.1, 0.15) is 22.7 Å². The molecule has 0 bridgehead atoms. The van der Waals surface area contributed by atoms with E-state index >= 15 is 0 Å². The molecule has 0 aliphatic carbocycles. The average molecular weight is 390 g/mol. The number of nitrogens with zero attached hydrogens (tertiary/aromatic N) is 4. The zero-order chi connectivity index (χ0) is 20.2. The molecular formula is C23H26N4O2. The summed E-state index contributed by atoms with van der Waals surface area (Å²) in [6.07, 6.45) is 8.92. The van der Waals surface area contributed by atoms with Crippen LogP contribution in [0.5, 0.6) is 0 Å². The number of furan rings is 1. The Morgan fingerprint density at radius 2 is 1.90 bits per heavy atom. The van der Waals surface area contributed by atoms with Crippen LogP contribution in [0, 0.1) is 13.8 Å². The lowest BCUT2D eigenvalue weighted by Crippen LogP contribution is -2.48. The van der Waals surface area contributed by atoms with Crippen LogP contribution >= 0.6 is 0 Å². The van der Waals surface area contributed by atoms with Crippen molar-refractivity contribution in [3.8, 4) is 0 Å². The molecule has 3 aromatic rings. The third kappa shape index (κ3) is 4.26. The molecule has 1 saturated heterocycles. The molecule has 0 aromatic carbocycles. The van der Waals surface area contributed by atoms with Crippen molar-refractivity contribution < 1.29 is 9.21 Å². The van der Waals surface area contributed by atoms with Gasteiger partial charge in [-0.15, -0.1) is 0 Å². The fraction of sp³-hybridized carbons (Fsp3) is 0.304. The average Bonchev–Trinajstić information content (AvgIpc) is 3.36. The Morgan fingerprint density at radius 1 is 1.14 bits per heavy atom. The van der Waals surface area contributed by atoms with E-state index in [1.54, 1.807) is 24.7 Å². The predicted molar refractivity (Wildman–Crippen MR) is 114 cm³/mol. The molecule has 1 amide bonds. The molecule has 1 fully saturated rings. The largest absolute Gasteiger partial charge is 0.467 e. The molecule has 150 valence electrons. The molecule has 29 heavy (non-hydrogen) atoms. The molecule has 6 nitrogen and oxygen atoms in total. The second kappa shape index (κ2) is 8.39. The van der Waals surface area contributed by atoms with Gasteiger partial charge in [-0.1, -0.05) is 0 Å². The summed E-state index contributed by atoms with van der Waals surface area (Å²) >= 11 is 0. The van der Waals surface area contributed by atoms with Gasteiger partial charge in [0.25, 0.3) is 0 Å². The van der Waals surface area contributed by atoms with Crippen molar-refractivity contribution in [3.05, 3.63) is 77.8 Å². The highest BCUT2D eigenvalue weighted by atomic mass is 16.3. The Labute approximate surface area is 171 Å². The minimum absolute atomic E-state index is 0.0650. The number of rotatable bonds is 5. The summed E-state index contributed by atoms with van der Waals surface area (Å²) in [6.45, 7) is 7.97. The number of hydrogen-bond donors (Lipinski definition) is 0. The van der Waals surface area contributed by atoms with Gasteiger partial charge in [0.05, 0.1) is 12.8 Å². The Kier molecular flexibility index (Phi) is 5.51. The van der Waals surface area contributed by atoms with Gasteiger partial charge in [0.15, 0.2) is 0 Å². The zero-order valence-corrected chi connectivity index (χ0v) is 16.9. The van der Waals surface area contributed by atoms with Gasteiger partial charge in [-0.3, -0.25) is 9.78 Å². The van der Waals surface area contributed by atoms with Gasteiger partial charge in [-0.25, -0.2) is 0 Å². The molecule has 1 aliphatic heterocycles. The summed E-state index contributed by atoms with van der Waals surface area (Å²) in [6, 6.07) is 10.0. The van der Waals surface area contributed by atoms with E-state index in [0.29, 0.717) is 6.54 Å². The summed E-state index contributed by atoms with van der Waals surface area (Å²) in [5.74, 6) is 0.987. The highest BCUT2D eigenvalue weighted by Gasteiger charge is 2.20. The summed E-state index contributed by atoms with van der Waals surface area (Å²) < 4.78 is 7.67. The van der Waals surface area contributed by atoms with Gasteiger partial charge >= 0.3 is 0 Å². The first kappa shape index (κ1) is 19.1. The number of carbonyl (C=O) groups is 1. The monoisotopic (exact) mass is 390 g/mol. The number of piperazine rings is 1. The first-order valence-electron chi connectivity index (χ1n) is 9.93. The Morgan fingerprint density at radius 3 is 2.59 bits per heavy atom. The molecule has 3 aromatic heterocycles. The number of pyridine rings is 1. The van der Waals surface area contributed by atoms with E-state index in [9.17, 15) is 4.79 Å². The zero-order valence-electron chi connectivity index (χ0n) is 16.9. The minimum atomic E-state index is 0.0650. The van der Waals surface area contributed by atoms with Crippen molar-refractivity contribution in [2.75, 3.05) is 31.1 Å². The Balaban J connectivity index is 1.38. The first-order chi connectivity index (χ1) is 14.1. The summed E-state index contributed by atoms with van der Waals surface area (Å²) in [5, 5.41) is 0. The second-order valence-electron chi connectivity index (χ2n) is 7.34. The predicted octanol–water partition coefficient (Wildman–Crippen LogP) is 3.50. The number of aryl methyl sites for hydroxylation is 1. The molecule has 0 atom stereocenters. The van der Waals surface area contributed by atoms with E-state index in [1.165, 1.54) is 0 Å². The molecule has 0 N–H and O–H groups in total. The van der Waals surface area contributed by atoms with Crippen molar-refractivity contribution in [1.82, 2.24) is 14.5 Å². The number of amides is 1. The van der Waals surface area contributed by atoms with Gasteiger partial charge in [0, 0.05) is 61.7 Å². The Bertz CT molecular complexity index is 982. The lowest BCUT2D eigenvalue weighted by molar-refractivity contribution is -0.126. The maximum absolute atomic E-state index is 12.7. The number of aromatic nitrogens is 2. The smallest absolute Gasteiger partial charge is 0.246 e. The van der Waals surface area contributed by atoms with Crippen molar-refractivity contribution in [2.24, 2.45) is 0 Å². The Hall–Kier alpha value is -3.28. The summed E-state index contributed by atoms with van der Waals surface area (Å²) in [4.78, 5) is 20.9. The second-order valence-corrected chi connectivity index (χ2v) is 7.34. The lowest BCUT2D eigenvalue weighted by atomic mass is 10.2. The van der Waals surface area contributed by atoms with Crippen molar-refractivity contribution in [3.63, 3.8) is 0 Å². The molecule has 0 radical (unpaired) electrons. The fourth-order valence-corrected chi connectivity index (χ4v) is 3.80. The standard InChI is InChI=1S/C23H26N4O2/c1-18-16-20(19(2)27(18)17-22-4-3-15-29-22)5-6-23(28)26-13-11-25(12-14-26)21-7-9-24-10-8-21/h3-10,15-16H,11-14,17H2,1-2H3. The molecule has 4 heterocycles. The number of hydrogen-bond acceptors (Lipinski definition) is 4.